The van der Waals surface area contributed by atoms with Crippen molar-refractivity contribution in [3.8, 4) is 11.5 Å². The van der Waals surface area contributed by atoms with Crippen molar-refractivity contribution in [3.63, 3.8) is 0 Å². The molecule has 7 nitrogen and oxygen atoms in total. The highest BCUT2D eigenvalue weighted by Gasteiger charge is 2.11. The van der Waals surface area contributed by atoms with Crippen LogP contribution in [-0.2, 0) is 4.79 Å². The van der Waals surface area contributed by atoms with Gasteiger partial charge in [-0.15, -0.1) is 10.2 Å². The summed E-state index contributed by atoms with van der Waals surface area (Å²) in [5, 5.41) is 14.8. The van der Waals surface area contributed by atoms with Gasteiger partial charge < -0.3 is 14.3 Å². The lowest BCUT2D eigenvalue weighted by molar-refractivity contribution is -0.115. The van der Waals surface area contributed by atoms with Crippen molar-refractivity contribution < 1.29 is 13.7 Å². The van der Waals surface area contributed by atoms with Crippen LogP contribution in [0.3, 0.4) is 0 Å². The smallest absolute Gasteiger partial charge is 0.276 e. The van der Waals surface area contributed by atoms with E-state index in [1.807, 2.05) is 31.2 Å². The van der Waals surface area contributed by atoms with Crippen LogP contribution >= 0.6 is 11.8 Å². The largest absolute Gasteiger partial charge is 0.411 e. The van der Waals surface area contributed by atoms with E-state index in [0.29, 0.717) is 34.9 Å². The lowest BCUT2D eigenvalue weighted by Crippen LogP contribution is -2.12. The van der Waals surface area contributed by atoms with Gasteiger partial charge in [0.15, 0.2) is 5.82 Å². The highest BCUT2D eigenvalue weighted by Crippen LogP contribution is 2.23. The zero-order valence-electron chi connectivity index (χ0n) is 13.3. The zero-order chi connectivity index (χ0) is 16.9. The van der Waals surface area contributed by atoms with Gasteiger partial charge in [0.1, 0.15) is 5.76 Å². The number of hydrogen-bond acceptors (Lipinski definition) is 7. The van der Waals surface area contributed by atoms with Crippen molar-refractivity contribution in [2.24, 2.45) is 0 Å². The third-order valence-electron chi connectivity index (χ3n) is 3.16. The van der Waals surface area contributed by atoms with Gasteiger partial charge in [-0.2, -0.15) is 0 Å². The maximum Gasteiger partial charge on any atom is 0.276 e. The summed E-state index contributed by atoms with van der Waals surface area (Å²) in [6.45, 7) is 3.78. The van der Waals surface area contributed by atoms with Gasteiger partial charge in [-0.05, 0) is 26.0 Å². The maximum atomic E-state index is 11.8. The number of benzene rings is 1. The fourth-order valence-electron chi connectivity index (χ4n) is 1.94. The Morgan fingerprint density at radius 2 is 2.00 bits per heavy atom. The summed E-state index contributed by atoms with van der Waals surface area (Å²) in [4.78, 5) is 11.8. The summed E-state index contributed by atoms with van der Waals surface area (Å²) < 4.78 is 10.5. The van der Waals surface area contributed by atoms with Crippen molar-refractivity contribution in [2.45, 2.75) is 25.5 Å². The molecule has 1 N–H and O–H groups in total. The molecule has 0 atom stereocenters. The first-order valence-corrected chi connectivity index (χ1v) is 8.35. The SMILES string of the molecule is Cc1ccc(-c2nnc(SCCC(=O)Nc3cc(C)on3)o2)cc1. The minimum absolute atomic E-state index is 0.144. The van der Waals surface area contributed by atoms with Crippen molar-refractivity contribution in [1.29, 1.82) is 0 Å². The Bertz CT molecular complexity index is 826. The van der Waals surface area contributed by atoms with Gasteiger partial charge >= 0.3 is 0 Å². The fraction of sp³-hybridized carbons (Fsp3) is 0.250. The predicted octanol–water partition coefficient (Wildman–Crippen LogP) is 3.46. The fourth-order valence-corrected chi connectivity index (χ4v) is 2.64. The van der Waals surface area contributed by atoms with Crippen LogP contribution in [-0.4, -0.2) is 27.0 Å². The highest BCUT2D eigenvalue weighted by molar-refractivity contribution is 7.99. The van der Waals surface area contributed by atoms with Crippen LogP contribution in [0.25, 0.3) is 11.5 Å². The van der Waals surface area contributed by atoms with E-state index in [4.69, 9.17) is 8.94 Å². The Kier molecular flexibility index (Phi) is 4.95. The van der Waals surface area contributed by atoms with Gasteiger partial charge in [0.05, 0.1) is 0 Å². The summed E-state index contributed by atoms with van der Waals surface area (Å²) in [6.07, 6.45) is 0.304. The number of rotatable bonds is 6. The predicted molar refractivity (Wildman–Crippen MR) is 89.7 cm³/mol. The van der Waals surface area contributed by atoms with E-state index in [2.05, 4.69) is 20.7 Å². The van der Waals surface area contributed by atoms with Gasteiger partial charge in [0.25, 0.3) is 5.22 Å². The number of nitrogens with zero attached hydrogens (tertiary/aromatic N) is 3. The summed E-state index contributed by atoms with van der Waals surface area (Å²) in [5.74, 6) is 1.92. The van der Waals surface area contributed by atoms with Crippen molar-refractivity contribution >= 4 is 23.5 Å². The molecule has 0 radical (unpaired) electrons. The molecule has 2 heterocycles. The molecule has 124 valence electrons. The van der Waals surface area contributed by atoms with E-state index in [-0.39, 0.29) is 5.91 Å². The summed E-state index contributed by atoms with van der Waals surface area (Å²) in [7, 11) is 0. The third kappa shape index (κ3) is 4.23. The molecule has 1 aromatic carbocycles. The average Bonchev–Trinajstić information content (AvgIpc) is 3.17. The van der Waals surface area contributed by atoms with Gasteiger partial charge in [-0.3, -0.25) is 4.79 Å². The van der Waals surface area contributed by atoms with E-state index in [1.54, 1.807) is 13.0 Å². The Morgan fingerprint density at radius 1 is 1.21 bits per heavy atom. The lowest BCUT2D eigenvalue weighted by atomic mass is 10.1. The van der Waals surface area contributed by atoms with Gasteiger partial charge in [-0.1, -0.05) is 34.6 Å². The number of anilines is 1. The van der Waals surface area contributed by atoms with Gasteiger partial charge in [0, 0.05) is 23.8 Å². The second-order valence-electron chi connectivity index (χ2n) is 5.21. The summed E-state index contributed by atoms with van der Waals surface area (Å²) >= 11 is 1.34. The Balaban J connectivity index is 1.48. The molecule has 3 aromatic rings. The van der Waals surface area contributed by atoms with Crippen molar-refractivity contribution in [2.75, 3.05) is 11.1 Å². The van der Waals surface area contributed by atoms with Crippen LogP contribution in [0.15, 0.2) is 44.5 Å². The number of hydrogen-bond donors (Lipinski definition) is 1. The molecule has 3 rings (SSSR count). The first kappa shape index (κ1) is 16.3. The number of aromatic nitrogens is 3. The molecule has 24 heavy (non-hydrogen) atoms. The minimum Gasteiger partial charge on any atom is -0.411 e. The van der Waals surface area contributed by atoms with Crippen LogP contribution in [0.4, 0.5) is 5.82 Å². The number of carbonyl (C=O) groups is 1. The molecule has 0 aliphatic rings. The zero-order valence-corrected chi connectivity index (χ0v) is 14.1. The number of amides is 1. The minimum atomic E-state index is -0.144. The van der Waals surface area contributed by atoms with Gasteiger partial charge in [0.2, 0.25) is 11.8 Å². The van der Waals surface area contributed by atoms with Crippen LogP contribution in [0.5, 0.6) is 0 Å². The quantitative estimate of drug-likeness (QED) is 0.684. The topological polar surface area (TPSA) is 94.1 Å². The number of carbonyl (C=O) groups excluding carboxylic acids is 1. The Labute approximate surface area is 142 Å². The molecule has 8 heteroatoms. The monoisotopic (exact) mass is 344 g/mol. The molecular formula is C16H16N4O3S. The van der Waals surface area contributed by atoms with Crippen LogP contribution in [0.1, 0.15) is 17.7 Å². The maximum absolute atomic E-state index is 11.8. The lowest BCUT2D eigenvalue weighted by Gasteiger charge is -1.99. The highest BCUT2D eigenvalue weighted by atomic mass is 32.2. The van der Waals surface area contributed by atoms with Crippen molar-refractivity contribution in [1.82, 2.24) is 15.4 Å². The second kappa shape index (κ2) is 7.31. The molecular weight excluding hydrogens is 328 g/mol. The van der Waals surface area contributed by atoms with E-state index < -0.39 is 0 Å². The van der Waals surface area contributed by atoms with E-state index >= 15 is 0 Å². The van der Waals surface area contributed by atoms with E-state index in [9.17, 15) is 4.79 Å². The van der Waals surface area contributed by atoms with Crippen LogP contribution in [0.2, 0.25) is 0 Å². The molecule has 0 saturated carbocycles. The van der Waals surface area contributed by atoms with E-state index in [1.165, 1.54) is 17.3 Å². The normalized spacial score (nSPS) is 10.8. The standard InChI is InChI=1S/C16H16N4O3S/c1-10-3-5-12(6-4-10)15-18-19-16(22-15)24-8-7-14(21)17-13-9-11(2)23-20-13/h3-6,9H,7-8H2,1-2H3,(H,17,20,21). The van der Waals surface area contributed by atoms with Crippen LogP contribution in [0, 0.1) is 13.8 Å². The third-order valence-corrected chi connectivity index (χ3v) is 3.98. The number of aryl methyl sites for hydroxylation is 2. The molecule has 0 aliphatic heterocycles. The Morgan fingerprint density at radius 3 is 2.71 bits per heavy atom. The van der Waals surface area contributed by atoms with Gasteiger partial charge in [-0.25, -0.2) is 0 Å². The molecule has 0 aliphatic carbocycles. The summed E-state index contributed by atoms with van der Waals surface area (Å²) in [6, 6.07) is 9.51. The first-order chi connectivity index (χ1) is 11.6. The summed E-state index contributed by atoms with van der Waals surface area (Å²) in [5.41, 5.74) is 2.04. The number of thioether (sulfide) groups is 1. The molecule has 0 saturated heterocycles. The molecule has 2 aromatic heterocycles. The average molecular weight is 344 g/mol. The second-order valence-corrected chi connectivity index (χ2v) is 6.25. The Hall–Kier alpha value is -2.61. The molecule has 0 unspecified atom stereocenters. The molecule has 0 spiro atoms. The molecule has 1 amide bonds. The molecule has 0 fully saturated rings. The van der Waals surface area contributed by atoms with Crippen LogP contribution < -0.4 is 5.32 Å². The first-order valence-electron chi connectivity index (χ1n) is 7.36. The van der Waals surface area contributed by atoms with E-state index in [0.717, 1.165) is 5.56 Å². The molecule has 0 bridgehead atoms. The number of nitrogens with one attached hydrogen (secondary N) is 1. The van der Waals surface area contributed by atoms with Crippen molar-refractivity contribution in [3.05, 3.63) is 41.7 Å².